The molecule has 0 fully saturated rings. The second-order valence-electron chi connectivity index (χ2n) is 10.6. The number of para-hydroxylation sites is 2. The summed E-state index contributed by atoms with van der Waals surface area (Å²) in [6.45, 7) is 1.63. The van der Waals surface area contributed by atoms with Gasteiger partial charge in [-0.3, -0.25) is 0 Å². The van der Waals surface area contributed by atoms with Gasteiger partial charge in [0.1, 0.15) is 11.6 Å². The first kappa shape index (κ1) is 26.6. The van der Waals surface area contributed by atoms with Crippen LogP contribution < -0.4 is 15.4 Å². The molecule has 0 saturated heterocycles. The first-order chi connectivity index (χ1) is 20.3. The average molecular weight is 541 g/mol. The summed E-state index contributed by atoms with van der Waals surface area (Å²) in [5.74, 6) is 1.99. The van der Waals surface area contributed by atoms with Crippen LogP contribution >= 0.6 is 0 Å². The van der Waals surface area contributed by atoms with E-state index >= 15 is 0 Å². The van der Waals surface area contributed by atoms with Crippen molar-refractivity contribution in [3.8, 4) is 5.75 Å². The van der Waals surface area contributed by atoms with Crippen LogP contribution in [0, 0.1) is 5.92 Å². The molecule has 0 spiro atoms. The maximum Gasteiger partial charge on any atom is 0.131 e. The van der Waals surface area contributed by atoms with Crippen LogP contribution in [0.2, 0.25) is 0 Å². The van der Waals surface area contributed by atoms with Gasteiger partial charge in [0.2, 0.25) is 0 Å². The summed E-state index contributed by atoms with van der Waals surface area (Å²) >= 11 is 0. The third kappa shape index (κ3) is 6.42. The molecule has 6 aromatic rings. The molecule has 206 valence electrons. The van der Waals surface area contributed by atoms with Crippen molar-refractivity contribution in [2.45, 2.75) is 18.9 Å². The largest absolute Gasteiger partial charge is 0.496 e. The molecule has 2 aromatic heterocycles. The summed E-state index contributed by atoms with van der Waals surface area (Å²) in [6.07, 6.45) is 4.04. The lowest BCUT2D eigenvalue weighted by atomic mass is 9.95. The molecule has 2 atom stereocenters. The van der Waals surface area contributed by atoms with Gasteiger partial charge in [-0.25, -0.2) is 4.98 Å². The number of hydrogen-bond acceptors (Lipinski definition) is 4. The molecule has 0 amide bonds. The molecule has 0 saturated carbocycles. The monoisotopic (exact) mass is 540 g/mol. The average Bonchev–Trinajstić information content (AvgIpc) is 3.46. The predicted molar refractivity (Wildman–Crippen MR) is 170 cm³/mol. The zero-order valence-corrected chi connectivity index (χ0v) is 23.4. The number of rotatable bonds is 12. The highest BCUT2D eigenvalue weighted by Crippen LogP contribution is 2.29. The number of nitrogens with one attached hydrogen (secondary N) is 3. The zero-order chi connectivity index (χ0) is 27.9. The minimum Gasteiger partial charge on any atom is -0.496 e. The van der Waals surface area contributed by atoms with Crippen molar-refractivity contribution in [1.82, 2.24) is 15.3 Å². The number of methoxy groups -OCH3 is 1. The van der Waals surface area contributed by atoms with Gasteiger partial charge in [0.15, 0.2) is 0 Å². The fraction of sp³-hybridized carbons (Fsp3) is 0.194. The van der Waals surface area contributed by atoms with Gasteiger partial charge in [-0.1, -0.05) is 91.0 Å². The van der Waals surface area contributed by atoms with Gasteiger partial charge in [-0.15, -0.1) is 0 Å². The van der Waals surface area contributed by atoms with Crippen LogP contribution in [0.25, 0.3) is 21.8 Å². The van der Waals surface area contributed by atoms with Crippen molar-refractivity contribution >= 4 is 27.6 Å². The van der Waals surface area contributed by atoms with E-state index < -0.39 is 0 Å². The van der Waals surface area contributed by atoms with E-state index in [1.807, 2.05) is 30.3 Å². The molecule has 5 nitrogen and oxygen atoms in total. The third-order valence-electron chi connectivity index (χ3n) is 7.77. The van der Waals surface area contributed by atoms with Gasteiger partial charge in [-0.2, -0.15) is 0 Å². The predicted octanol–water partition coefficient (Wildman–Crippen LogP) is 7.57. The maximum absolute atomic E-state index is 5.69. The molecule has 2 unspecified atom stereocenters. The molecule has 2 heterocycles. The van der Waals surface area contributed by atoms with Gasteiger partial charge in [-0.05, 0) is 53.6 Å². The molecule has 0 aliphatic heterocycles. The highest BCUT2D eigenvalue weighted by Gasteiger charge is 2.19. The van der Waals surface area contributed by atoms with E-state index in [0.29, 0.717) is 5.92 Å². The Morgan fingerprint density at radius 2 is 1.39 bits per heavy atom. The van der Waals surface area contributed by atoms with Gasteiger partial charge in [0, 0.05) is 47.7 Å². The minimum absolute atomic E-state index is 0.172. The number of aromatic amines is 1. The number of fused-ring (bicyclic) bond motifs is 2. The molecular formula is C36H36N4O. The minimum atomic E-state index is 0.172. The van der Waals surface area contributed by atoms with E-state index in [2.05, 4.69) is 107 Å². The van der Waals surface area contributed by atoms with Crippen LogP contribution in [0.5, 0.6) is 5.75 Å². The summed E-state index contributed by atoms with van der Waals surface area (Å²) in [6, 6.07) is 40.3. The molecule has 41 heavy (non-hydrogen) atoms. The van der Waals surface area contributed by atoms with E-state index in [1.54, 1.807) is 7.11 Å². The Labute approximate surface area is 241 Å². The van der Waals surface area contributed by atoms with E-state index in [1.165, 1.54) is 27.6 Å². The van der Waals surface area contributed by atoms with Crippen LogP contribution in [-0.2, 0) is 12.8 Å². The number of aromatic nitrogens is 2. The third-order valence-corrected chi connectivity index (χ3v) is 7.77. The Morgan fingerprint density at radius 1 is 0.732 bits per heavy atom. The highest BCUT2D eigenvalue weighted by molar-refractivity contribution is 5.87. The molecule has 3 N–H and O–H groups in total. The fourth-order valence-corrected chi connectivity index (χ4v) is 5.65. The smallest absolute Gasteiger partial charge is 0.131 e. The number of ether oxygens (including phenoxy) is 1. The van der Waals surface area contributed by atoms with E-state index in [9.17, 15) is 0 Å². The van der Waals surface area contributed by atoms with Gasteiger partial charge in [0.25, 0.3) is 0 Å². The second-order valence-corrected chi connectivity index (χ2v) is 10.6. The Kier molecular flexibility index (Phi) is 8.25. The van der Waals surface area contributed by atoms with Crippen molar-refractivity contribution in [2.24, 2.45) is 5.92 Å². The van der Waals surface area contributed by atoms with Gasteiger partial charge < -0.3 is 20.4 Å². The second kappa shape index (κ2) is 12.7. The molecular weight excluding hydrogens is 504 g/mol. The molecule has 5 heteroatoms. The number of hydrogen-bond donors (Lipinski definition) is 3. The van der Waals surface area contributed by atoms with E-state index in [4.69, 9.17) is 9.72 Å². The summed E-state index contributed by atoms with van der Waals surface area (Å²) < 4.78 is 5.69. The molecule has 4 aromatic carbocycles. The van der Waals surface area contributed by atoms with Crippen molar-refractivity contribution < 1.29 is 4.74 Å². The van der Waals surface area contributed by atoms with Crippen LogP contribution in [0.15, 0.2) is 121 Å². The number of H-pyrrole nitrogens is 1. The molecule has 0 radical (unpaired) electrons. The lowest BCUT2D eigenvalue weighted by Gasteiger charge is -2.24. The topological polar surface area (TPSA) is 62.0 Å². The lowest BCUT2D eigenvalue weighted by Crippen LogP contribution is -2.33. The van der Waals surface area contributed by atoms with Gasteiger partial charge >= 0.3 is 0 Å². The first-order valence-corrected chi connectivity index (χ1v) is 14.3. The Bertz CT molecular complexity index is 1700. The number of pyridine rings is 1. The van der Waals surface area contributed by atoms with Crippen molar-refractivity contribution in [3.05, 3.63) is 138 Å². The van der Waals surface area contributed by atoms with Crippen molar-refractivity contribution in [3.63, 3.8) is 0 Å². The SMILES string of the molecule is COc1cc(NCC(CNC(Cc2ccccc2)c2c[nH]c3ccccc23)Cc2ccccc2)nc2ccccc12. The molecule has 0 aliphatic rings. The van der Waals surface area contributed by atoms with E-state index in [0.717, 1.165) is 48.4 Å². The lowest BCUT2D eigenvalue weighted by molar-refractivity contribution is 0.419. The summed E-state index contributed by atoms with van der Waals surface area (Å²) in [5, 5.41) is 9.89. The molecule has 0 aliphatic carbocycles. The number of anilines is 1. The summed E-state index contributed by atoms with van der Waals surface area (Å²) in [7, 11) is 1.71. The Hall–Kier alpha value is -4.61. The summed E-state index contributed by atoms with van der Waals surface area (Å²) in [5.41, 5.74) is 6.05. The van der Waals surface area contributed by atoms with E-state index in [-0.39, 0.29) is 6.04 Å². The van der Waals surface area contributed by atoms with Crippen molar-refractivity contribution in [2.75, 3.05) is 25.5 Å². The fourth-order valence-electron chi connectivity index (χ4n) is 5.65. The quantitative estimate of drug-likeness (QED) is 0.150. The van der Waals surface area contributed by atoms with Crippen LogP contribution in [0.3, 0.4) is 0 Å². The normalized spacial score (nSPS) is 12.8. The first-order valence-electron chi connectivity index (χ1n) is 14.3. The van der Waals surface area contributed by atoms with Crippen molar-refractivity contribution in [1.29, 1.82) is 0 Å². The van der Waals surface area contributed by atoms with Crippen LogP contribution in [0.1, 0.15) is 22.7 Å². The van der Waals surface area contributed by atoms with Crippen LogP contribution in [-0.4, -0.2) is 30.2 Å². The maximum atomic E-state index is 5.69. The Balaban J connectivity index is 1.24. The number of benzene rings is 4. The highest BCUT2D eigenvalue weighted by atomic mass is 16.5. The van der Waals surface area contributed by atoms with Gasteiger partial charge in [0.05, 0.1) is 12.6 Å². The Morgan fingerprint density at radius 3 is 2.15 bits per heavy atom. The summed E-state index contributed by atoms with van der Waals surface area (Å²) in [4.78, 5) is 8.35. The molecule has 6 rings (SSSR count). The standard InChI is InChI=1S/C36H36N4O/c1-41-35-22-36(40-33-19-11-9-17-30(33)35)39-24-28(20-26-12-4-2-5-13-26)23-37-34(21-27-14-6-3-7-15-27)31-25-38-32-18-10-8-16-29(31)32/h2-19,22,25,28,34,37-38H,20-21,23-24H2,1H3,(H,39,40). The zero-order valence-electron chi connectivity index (χ0n) is 23.4. The van der Waals surface area contributed by atoms with Crippen LogP contribution in [0.4, 0.5) is 5.82 Å². The number of nitrogens with zero attached hydrogens (tertiary/aromatic N) is 1. The molecule has 0 bridgehead atoms.